The van der Waals surface area contributed by atoms with Crippen molar-refractivity contribution in [1.29, 1.82) is 0 Å². The predicted molar refractivity (Wildman–Crippen MR) is 162 cm³/mol. The number of benzene rings is 1. The van der Waals surface area contributed by atoms with E-state index in [0.29, 0.717) is 22.7 Å². The number of likely N-dealkylation sites (tertiary alicyclic amines) is 1. The molecule has 2 aromatic rings. The fraction of sp³-hybridized carbons (Fsp3) is 0.581. The molecule has 3 aliphatic rings. The molecule has 0 bridgehead atoms. The number of carbonyl (C=O) groups excluding carboxylic acids is 2. The van der Waals surface area contributed by atoms with E-state index in [4.69, 9.17) is 20.6 Å². The molecule has 3 saturated heterocycles. The number of rotatable bonds is 9. The van der Waals surface area contributed by atoms with Crippen LogP contribution in [0.15, 0.2) is 24.3 Å². The Morgan fingerprint density at radius 2 is 1.88 bits per heavy atom. The average molecular weight is 614 g/mol. The van der Waals surface area contributed by atoms with Crippen molar-refractivity contribution in [3.8, 4) is 23.6 Å². The van der Waals surface area contributed by atoms with Gasteiger partial charge in [-0.05, 0) is 31.5 Å². The number of nitrogens with zero attached hydrogens (tertiary/aromatic N) is 4. The maximum atomic E-state index is 14.9. The lowest BCUT2D eigenvalue weighted by molar-refractivity contribution is -0.227. The van der Waals surface area contributed by atoms with Gasteiger partial charge in [0.2, 0.25) is 16.8 Å². The molecule has 12 heteroatoms. The van der Waals surface area contributed by atoms with Gasteiger partial charge in [0, 0.05) is 58.1 Å². The van der Waals surface area contributed by atoms with Crippen molar-refractivity contribution in [3.05, 3.63) is 35.0 Å². The van der Waals surface area contributed by atoms with Crippen molar-refractivity contribution in [2.45, 2.75) is 44.2 Å². The van der Waals surface area contributed by atoms with Crippen LogP contribution in [0.3, 0.4) is 0 Å². The van der Waals surface area contributed by atoms with Crippen LogP contribution in [0.2, 0.25) is 0 Å². The zero-order valence-corrected chi connectivity index (χ0v) is 26.2. The highest BCUT2D eigenvalue weighted by Gasteiger charge is 2.61. The molecular formula is C31H40FN5O5S. The summed E-state index contributed by atoms with van der Waals surface area (Å²) in [5, 5.41) is 3.24. The van der Waals surface area contributed by atoms with Crippen LogP contribution in [0, 0.1) is 29.3 Å². The van der Waals surface area contributed by atoms with Crippen molar-refractivity contribution in [2.75, 3.05) is 65.5 Å². The number of likely N-dealkylation sites (N-methyl/N-ethyl adjacent to an activating group) is 1. The lowest BCUT2D eigenvalue weighted by Crippen LogP contribution is -2.58. The largest absolute Gasteiger partial charge is 0.369 e. The molecule has 0 radical (unpaired) electrons. The Balaban J connectivity index is 1.31. The number of nitrogens with one attached hydrogen (secondary N) is 1. The third kappa shape index (κ3) is 6.14. The molecule has 3 aliphatic heterocycles. The standard InChI is InChI=1S/C31H40FN5O5S/c1-7-20-17-37(26-25(20)42-18-31(26,40-5)41-6)29(39)23(16-19(2)3)33-28(38)22-10-8-21(9-11-22)24-27(32)43-30(34-24)36-14-12-35(4)13-15-36/h1,8-11,19-20,23,25-26H,12-18H2,2-6H3,(H,33,38). The quantitative estimate of drug-likeness (QED) is 0.341. The van der Waals surface area contributed by atoms with Gasteiger partial charge in [-0.1, -0.05) is 43.2 Å². The van der Waals surface area contributed by atoms with Crippen LogP contribution in [-0.2, 0) is 19.0 Å². The highest BCUT2D eigenvalue weighted by molar-refractivity contribution is 7.14. The summed E-state index contributed by atoms with van der Waals surface area (Å²) in [7, 11) is 5.10. The number of terminal acetylenes is 1. The summed E-state index contributed by atoms with van der Waals surface area (Å²) in [6.07, 6.45) is 5.78. The molecule has 10 nitrogen and oxygen atoms in total. The van der Waals surface area contributed by atoms with Crippen LogP contribution in [0.5, 0.6) is 0 Å². The van der Waals surface area contributed by atoms with E-state index in [1.807, 2.05) is 13.8 Å². The molecule has 5 rings (SSSR count). The van der Waals surface area contributed by atoms with E-state index < -0.39 is 29.9 Å². The van der Waals surface area contributed by atoms with Gasteiger partial charge in [0.25, 0.3) is 5.91 Å². The number of aromatic nitrogens is 1. The van der Waals surface area contributed by atoms with E-state index in [1.54, 1.807) is 29.2 Å². The first-order chi connectivity index (χ1) is 20.6. The number of hydrogen-bond donors (Lipinski definition) is 1. The monoisotopic (exact) mass is 613 g/mol. The number of fused-ring (bicyclic) bond motifs is 1. The third-order valence-corrected chi connectivity index (χ3v) is 9.54. The zero-order chi connectivity index (χ0) is 30.9. The van der Waals surface area contributed by atoms with Gasteiger partial charge in [-0.2, -0.15) is 4.39 Å². The Hall–Kier alpha value is -3.08. The smallest absolute Gasteiger partial charge is 0.251 e. The third-order valence-electron chi connectivity index (χ3n) is 8.63. The molecule has 0 aliphatic carbocycles. The summed E-state index contributed by atoms with van der Waals surface area (Å²) >= 11 is 1.04. The van der Waals surface area contributed by atoms with Crippen LogP contribution in [0.4, 0.5) is 9.52 Å². The Labute approximate surface area is 256 Å². The van der Waals surface area contributed by atoms with Gasteiger partial charge in [-0.3, -0.25) is 9.59 Å². The number of carbonyl (C=O) groups is 2. The maximum absolute atomic E-state index is 14.9. The lowest BCUT2D eigenvalue weighted by atomic mass is 9.98. The van der Waals surface area contributed by atoms with Gasteiger partial charge in [-0.25, -0.2) is 4.98 Å². The van der Waals surface area contributed by atoms with Crippen LogP contribution < -0.4 is 10.2 Å². The first-order valence-corrected chi connectivity index (χ1v) is 15.4. The first-order valence-electron chi connectivity index (χ1n) is 14.6. The Morgan fingerprint density at radius 1 is 1.21 bits per heavy atom. The van der Waals surface area contributed by atoms with Crippen LogP contribution >= 0.6 is 11.3 Å². The number of halogens is 1. The summed E-state index contributed by atoms with van der Waals surface area (Å²) in [5.41, 5.74) is 1.21. The van der Waals surface area contributed by atoms with Gasteiger partial charge < -0.3 is 34.2 Å². The number of methoxy groups -OCH3 is 2. The van der Waals surface area contributed by atoms with Gasteiger partial charge in [0.15, 0.2) is 5.13 Å². The molecule has 2 amide bonds. The summed E-state index contributed by atoms with van der Waals surface area (Å²) in [4.78, 5) is 38.0. The van der Waals surface area contributed by atoms with E-state index in [9.17, 15) is 14.0 Å². The molecule has 0 spiro atoms. The van der Waals surface area contributed by atoms with Gasteiger partial charge in [0.1, 0.15) is 24.4 Å². The molecule has 4 heterocycles. The van der Waals surface area contributed by atoms with E-state index in [0.717, 1.165) is 37.5 Å². The molecule has 1 aromatic carbocycles. The fourth-order valence-corrected chi connectivity index (χ4v) is 7.02. The second-order valence-electron chi connectivity index (χ2n) is 11.8. The molecule has 4 atom stereocenters. The van der Waals surface area contributed by atoms with Crippen LogP contribution in [0.25, 0.3) is 11.3 Å². The van der Waals surface area contributed by atoms with E-state index in [-0.39, 0.29) is 41.7 Å². The summed E-state index contributed by atoms with van der Waals surface area (Å²) in [6.45, 7) is 7.79. The molecular weight excluding hydrogens is 573 g/mol. The minimum atomic E-state index is -1.15. The van der Waals surface area contributed by atoms with Crippen molar-refractivity contribution in [3.63, 3.8) is 0 Å². The average Bonchev–Trinajstić information content (AvgIpc) is 3.69. The van der Waals surface area contributed by atoms with Gasteiger partial charge in [0.05, 0.1) is 12.0 Å². The van der Waals surface area contributed by atoms with Crippen molar-refractivity contribution >= 4 is 28.3 Å². The molecule has 1 aromatic heterocycles. The number of anilines is 1. The lowest BCUT2D eigenvalue weighted by Gasteiger charge is -2.37. The van der Waals surface area contributed by atoms with Crippen LogP contribution in [-0.4, -0.2) is 111 Å². The molecule has 43 heavy (non-hydrogen) atoms. The minimum absolute atomic E-state index is 0.120. The number of ether oxygens (including phenoxy) is 3. The van der Waals surface area contributed by atoms with Crippen molar-refractivity contribution in [1.82, 2.24) is 20.1 Å². The fourth-order valence-electron chi connectivity index (χ4n) is 6.15. The van der Waals surface area contributed by atoms with Crippen molar-refractivity contribution < 1.29 is 28.2 Å². The van der Waals surface area contributed by atoms with E-state index >= 15 is 0 Å². The molecule has 0 saturated carbocycles. The SMILES string of the molecule is C#CC1CN(C(=O)C(CC(C)C)NC(=O)c2ccc(-c3nc(N4CCN(C)CC4)sc3F)cc2)C2C1OCC2(OC)OC. The molecule has 232 valence electrons. The number of hydrogen-bond acceptors (Lipinski definition) is 9. The summed E-state index contributed by atoms with van der Waals surface area (Å²) in [6, 6.07) is 5.27. The van der Waals surface area contributed by atoms with E-state index in [2.05, 4.69) is 33.1 Å². The van der Waals surface area contributed by atoms with Crippen molar-refractivity contribution in [2.24, 2.45) is 11.8 Å². The Bertz CT molecular complexity index is 1350. The summed E-state index contributed by atoms with van der Waals surface area (Å²) in [5.74, 6) is 0.717. The first kappa shape index (κ1) is 31.3. The van der Waals surface area contributed by atoms with Crippen LogP contribution in [0.1, 0.15) is 30.6 Å². The van der Waals surface area contributed by atoms with Gasteiger partial charge in [-0.15, -0.1) is 6.42 Å². The number of thiazole rings is 1. The van der Waals surface area contributed by atoms with E-state index in [1.165, 1.54) is 14.2 Å². The maximum Gasteiger partial charge on any atom is 0.251 e. The predicted octanol–water partition coefficient (Wildman–Crippen LogP) is 2.69. The zero-order valence-electron chi connectivity index (χ0n) is 25.3. The molecule has 4 unspecified atom stereocenters. The Morgan fingerprint density at radius 3 is 2.49 bits per heavy atom. The highest BCUT2D eigenvalue weighted by atomic mass is 32.1. The topological polar surface area (TPSA) is 96.5 Å². The minimum Gasteiger partial charge on any atom is -0.369 e. The normalized spacial score (nSPS) is 24.2. The second kappa shape index (κ2) is 12.9. The molecule has 3 fully saturated rings. The molecule has 1 N–H and O–H groups in total. The second-order valence-corrected chi connectivity index (χ2v) is 12.8. The summed E-state index contributed by atoms with van der Waals surface area (Å²) < 4.78 is 32.3. The highest BCUT2D eigenvalue weighted by Crippen LogP contribution is 2.41. The van der Waals surface area contributed by atoms with Gasteiger partial charge >= 0.3 is 0 Å². The number of amides is 2. The Kier molecular flexibility index (Phi) is 9.39. The number of piperazine rings is 1.